The number of halogens is 1. The van der Waals surface area contributed by atoms with E-state index in [2.05, 4.69) is 15.2 Å². The Morgan fingerprint density at radius 2 is 2.00 bits per heavy atom. The lowest BCUT2D eigenvalue weighted by Crippen LogP contribution is -2.29. The summed E-state index contributed by atoms with van der Waals surface area (Å²) in [7, 11) is 1.76. The highest BCUT2D eigenvalue weighted by Gasteiger charge is 2.29. The van der Waals surface area contributed by atoms with Crippen LogP contribution < -0.4 is 25.4 Å². The molecule has 44 heavy (non-hydrogen) atoms. The zero-order chi connectivity index (χ0) is 31.4. The molecule has 4 N–H and O–H groups in total. The summed E-state index contributed by atoms with van der Waals surface area (Å²) >= 11 is 6.67. The number of benzene rings is 1. The average molecular weight is 624 g/mol. The quantitative estimate of drug-likeness (QED) is 0.268. The van der Waals surface area contributed by atoms with E-state index in [9.17, 15) is 9.90 Å². The number of carbonyl (C=O) groups is 1. The maximum atomic E-state index is 12.8. The topological polar surface area (TPSA) is 158 Å². The number of hydrogen-bond acceptors (Lipinski definition) is 12. The van der Waals surface area contributed by atoms with Crippen molar-refractivity contribution in [1.29, 1.82) is 0 Å². The number of hydrogen-bond donors (Lipinski definition) is 3. The van der Waals surface area contributed by atoms with Crippen molar-refractivity contribution in [3.8, 4) is 23.1 Å². The number of Topliss-reactive ketones (excluding diaryl/α,β-unsaturated/α-hetero) is 1. The second-order valence-corrected chi connectivity index (χ2v) is 11.4. The third kappa shape index (κ3) is 7.10. The van der Waals surface area contributed by atoms with Gasteiger partial charge in [-0.1, -0.05) is 11.6 Å². The maximum absolute atomic E-state index is 12.8. The molecular formula is C31H38ClN7O5. The number of ether oxygens (including phenoxy) is 3. The van der Waals surface area contributed by atoms with Crippen molar-refractivity contribution in [3.05, 3.63) is 57.6 Å². The van der Waals surface area contributed by atoms with E-state index in [1.165, 1.54) is 6.92 Å². The van der Waals surface area contributed by atoms with Crippen LogP contribution in [0.3, 0.4) is 0 Å². The van der Waals surface area contributed by atoms with Gasteiger partial charge in [-0.25, -0.2) is 15.0 Å². The summed E-state index contributed by atoms with van der Waals surface area (Å²) in [6.07, 6.45) is 2.74. The van der Waals surface area contributed by atoms with Crippen LogP contribution in [0.5, 0.6) is 11.8 Å². The largest absolute Gasteiger partial charge is 0.491 e. The first-order valence-corrected chi connectivity index (χ1v) is 15.0. The van der Waals surface area contributed by atoms with E-state index in [1.54, 1.807) is 38.4 Å². The van der Waals surface area contributed by atoms with Crippen molar-refractivity contribution in [2.75, 3.05) is 38.3 Å². The SMILES string of the molecule is CNC[C@@H](O)COc1ccc(Cl)c(-c2nc(C(C(C)=O)=C(C)N)c(C)c(N3Cc4cnc(OC5CCOCC5)nc4C3)n2)c1. The number of likely N-dealkylation sites (N-methyl/N-ethyl adjacent to an activating group) is 1. The van der Waals surface area contributed by atoms with Crippen LogP contribution in [0.1, 0.15) is 49.2 Å². The first-order valence-electron chi connectivity index (χ1n) is 14.6. The molecule has 1 saturated heterocycles. The van der Waals surface area contributed by atoms with Gasteiger partial charge in [0.2, 0.25) is 0 Å². The van der Waals surface area contributed by atoms with Gasteiger partial charge in [-0.3, -0.25) is 4.79 Å². The van der Waals surface area contributed by atoms with Gasteiger partial charge in [0, 0.05) is 54.5 Å². The number of nitrogens with one attached hydrogen (secondary N) is 1. The summed E-state index contributed by atoms with van der Waals surface area (Å²) in [4.78, 5) is 33.8. The Kier molecular flexibility index (Phi) is 9.94. The summed E-state index contributed by atoms with van der Waals surface area (Å²) in [6, 6.07) is 5.48. The van der Waals surface area contributed by atoms with Crippen molar-refractivity contribution in [2.24, 2.45) is 5.73 Å². The van der Waals surface area contributed by atoms with Crippen molar-refractivity contribution < 1.29 is 24.1 Å². The molecule has 0 spiro atoms. The normalized spacial score (nSPS) is 16.4. The lowest BCUT2D eigenvalue weighted by atomic mass is 10.0. The zero-order valence-corrected chi connectivity index (χ0v) is 26.1. The Morgan fingerprint density at radius 3 is 2.70 bits per heavy atom. The lowest BCUT2D eigenvalue weighted by Gasteiger charge is -2.22. The number of carbonyl (C=O) groups excluding carboxylic acids is 1. The molecule has 1 atom stereocenters. The van der Waals surface area contributed by atoms with E-state index < -0.39 is 6.10 Å². The molecule has 0 radical (unpaired) electrons. The fourth-order valence-corrected chi connectivity index (χ4v) is 5.55. The molecule has 1 fully saturated rings. The summed E-state index contributed by atoms with van der Waals surface area (Å²) in [5.41, 5.74) is 10.3. The molecule has 0 amide bonds. The number of fused-ring (bicyclic) bond motifs is 1. The molecule has 2 aromatic heterocycles. The van der Waals surface area contributed by atoms with Crippen LogP contribution in [-0.4, -0.2) is 76.4 Å². The average Bonchev–Trinajstić information content (AvgIpc) is 3.41. The number of nitrogens with two attached hydrogens (primary N) is 1. The number of allylic oxidation sites excluding steroid dienone is 2. The van der Waals surface area contributed by atoms with Gasteiger partial charge in [0.05, 0.1) is 41.7 Å². The molecule has 234 valence electrons. The molecular weight excluding hydrogens is 586 g/mol. The van der Waals surface area contributed by atoms with Crippen molar-refractivity contribution in [1.82, 2.24) is 25.3 Å². The van der Waals surface area contributed by atoms with E-state index in [0.717, 1.165) is 24.1 Å². The van der Waals surface area contributed by atoms with Crippen LogP contribution in [0.25, 0.3) is 17.0 Å². The molecule has 3 aromatic rings. The van der Waals surface area contributed by atoms with E-state index in [0.29, 0.717) is 89.4 Å². The van der Waals surface area contributed by atoms with Crippen molar-refractivity contribution in [3.63, 3.8) is 0 Å². The molecule has 12 nitrogen and oxygen atoms in total. The Balaban J connectivity index is 1.51. The Morgan fingerprint density at radius 1 is 1.23 bits per heavy atom. The molecule has 2 aliphatic rings. The Bertz CT molecular complexity index is 1560. The molecule has 0 unspecified atom stereocenters. The summed E-state index contributed by atoms with van der Waals surface area (Å²) in [5, 5.41) is 13.4. The number of nitrogens with zero attached hydrogens (tertiary/aromatic N) is 5. The van der Waals surface area contributed by atoms with Crippen LogP contribution in [0.2, 0.25) is 5.02 Å². The number of anilines is 1. The number of aliphatic hydroxyl groups excluding tert-OH is 1. The molecule has 13 heteroatoms. The fraction of sp³-hybridized carbons (Fsp3) is 0.452. The second kappa shape index (κ2) is 13.9. The Labute approximate surface area is 261 Å². The Hall–Kier alpha value is -3.84. The van der Waals surface area contributed by atoms with Gasteiger partial charge >= 0.3 is 6.01 Å². The van der Waals surface area contributed by atoms with Crippen LogP contribution in [0, 0.1) is 6.92 Å². The van der Waals surface area contributed by atoms with Crippen molar-refractivity contribution >= 4 is 28.8 Å². The van der Waals surface area contributed by atoms with Gasteiger partial charge < -0.3 is 35.3 Å². The van der Waals surface area contributed by atoms with Gasteiger partial charge in [0.1, 0.15) is 30.4 Å². The van der Waals surface area contributed by atoms with Crippen LogP contribution >= 0.6 is 11.6 Å². The number of rotatable bonds is 11. The van der Waals surface area contributed by atoms with Gasteiger partial charge in [-0.15, -0.1) is 0 Å². The predicted octanol–water partition coefficient (Wildman–Crippen LogP) is 3.21. The minimum atomic E-state index is -0.689. The van der Waals surface area contributed by atoms with E-state index in [1.807, 2.05) is 6.92 Å². The minimum absolute atomic E-state index is 0.0286. The predicted molar refractivity (Wildman–Crippen MR) is 166 cm³/mol. The molecule has 1 aromatic carbocycles. The highest BCUT2D eigenvalue weighted by molar-refractivity contribution is 6.33. The van der Waals surface area contributed by atoms with E-state index in [4.69, 9.17) is 46.5 Å². The number of ketones is 1. The first kappa shape index (κ1) is 31.6. The number of aromatic nitrogens is 4. The van der Waals surface area contributed by atoms with Crippen LogP contribution in [0.15, 0.2) is 30.1 Å². The summed E-state index contributed by atoms with van der Waals surface area (Å²) in [6.45, 7) is 7.78. The molecule has 2 aliphatic heterocycles. The second-order valence-electron chi connectivity index (χ2n) is 11.0. The monoisotopic (exact) mass is 623 g/mol. The standard InChI is InChI=1S/C31H38ClN7O5/c1-17-28(27(18(2)33)19(3)40)37-29(24-11-23(5-6-25(24)32)43-16-21(41)13-34-4)38-30(17)39-14-20-12-35-31(36-26(20)15-39)44-22-7-9-42-10-8-22/h5-6,11-12,21-22,34,41H,7-10,13-16,33H2,1-4H3/t21-/m1/s1. The van der Waals surface area contributed by atoms with E-state index >= 15 is 0 Å². The minimum Gasteiger partial charge on any atom is -0.491 e. The maximum Gasteiger partial charge on any atom is 0.316 e. The lowest BCUT2D eigenvalue weighted by molar-refractivity contribution is -0.111. The van der Waals surface area contributed by atoms with Crippen LogP contribution in [-0.2, 0) is 22.6 Å². The number of aliphatic hydroxyl groups is 1. The molecule has 0 aliphatic carbocycles. The van der Waals surface area contributed by atoms with Gasteiger partial charge in [-0.05, 0) is 46.0 Å². The van der Waals surface area contributed by atoms with E-state index in [-0.39, 0.29) is 18.5 Å². The highest BCUT2D eigenvalue weighted by atomic mass is 35.5. The molecule has 0 saturated carbocycles. The van der Waals surface area contributed by atoms with Gasteiger partial charge in [0.25, 0.3) is 0 Å². The third-order valence-corrected chi connectivity index (χ3v) is 7.87. The molecule has 0 bridgehead atoms. The van der Waals surface area contributed by atoms with Gasteiger partial charge in [0.15, 0.2) is 11.6 Å². The highest BCUT2D eigenvalue weighted by Crippen LogP contribution is 2.37. The molecule has 4 heterocycles. The fourth-order valence-electron chi connectivity index (χ4n) is 5.34. The first-order chi connectivity index (χ1) is 21.1. The molecule has 5 rings (SSSR count). The summed E-state index contributed by atoms with van der Waals surface area (Å²) in [5.74, 6) is 1.19. The zero-order valence-electron chi connectivity index (χ0n) is 25.4. The van der Waals surface area contributed by atoms with Crippen LogP contribution in [0.4, 0.5) is 5.82 Å². The smallest absolute Gasteiger partial charge is 0.316 e. The van der Waals surface area contributed by atoms with Gasteiger partial charge in [-0.2, -0.15) is 4.98 Å². The summed E-state index contributed by atoms with van der Waals surface area (Å²) < 4.78 is 17.3. The third-order valence-electron chi connectivity index (χ3n) is 7.54. The van der Waals surface area contributed by atoms with Crippen molar-refractivity contribution in [2.45, 2.75) is 58.9 Å².